The van der Waals surface area contributed by atoms with Gasteiger partial charge in [-0.3, -0.25) is 14.3 Å². The molecule has 1 aromatic carbocycles. The van der Waals surface area contributed by atoms with E-state index in [2.05, 4.69) is 4.98 Å². The van der Waals surface area contributed by atoms with Gasteiger partial charge in [0.25, 0.3) is 5.56 Å². The summed E-state index contributed by atoms with van der Waals surface area (Å²) in [6.07, 6.45) is 1.48. The zero-order valence-corrected chi connectivity index (χ0v) is 12.3. The van der Waals surface area contributed by atoms with Gasteiger partial charge in [0, 0.05) is 11.6 Å². The first-order valence-electron chi connectivity index (χ1n) is 6.46. The summed E-state index contributed by atoms with van der Waals surface area (Å²) in [7, 11) is 0. The summed E-state index contributed by atoms with van der Waals surface area (Å²) in [5.74, 6) is 0. The molecule has 2 rings (SSSR count). The molecule has 0 amide bonds. The van der Waals surface area contributed by atoms with E-state index in [-0.39, 0.29) is 10.7 Å². The molecule has 1 aromatic heterocycles. The lowest BCUT2D eigenvalue weighted by atomic mass is 9.95. The fourth-order valence-corrected chi connectivity index (χ4v) is 2.42. The number of aromatic amines is 1. The van der Waals surface area contributed by atoms with Gasteiger partial charge < -0.3 is 0 Å². The molecule has 0 bridgehead atoms. The molecular weight excluding hydrogens is 276 g/mol. The number of nitrogens with zero attached hydrogens (tertiary/aromatic N) is 1. The largest absolute Gasteiger partial charge is 0.329 e. The van der Waals surface area contributed by atoms with Crippen molar-refractivity contribution in [2.75, 3.05) is 0 Å². The number of rotatable bonds is 4. The first-order valence-corrected chi connectivity index (χ1v) is 6.84. The highest BCUT2D eigenvalue weighted by Gasteiger charge is 2.24. The van der Waals surface area contributed by atoms with E-state index in [1.807, 2.05) is 44.2 Å². The van der Waals surface area contributed by atoms with Gasteiger partial charge in [-0.25, -0.2) is 4.79 Å². The van der Waals surface area contributed by atoms with E-state index in [0.717, 1.165) is 6.42 Å². The molecule has 4 nitrogen and oxygen atoms in total. The van der Waals surface area contributed by atoms with Crippen LogP contribution >= 0.6 is 11.6 Å². The Labute approximate surface area is 122 Å². The number of aromatic nitrogens is 2. The molecule has 0 aliphatic carbocycles. The fraction of sp³-hybridized carbons (Fsp3) is 0.333. The maximum absolute atomic E-state index is 12.0. The lowest BCUT2D eigenvalue weighted by molar-refractivity contribution is 0.305. The molecule has 0 aliphatic heterocycles. The number of halogens is 1. The second kappa shape index (κ2) is 5.67. The van der Waals surface area contributed by atoms with Crippen LogP contribution in [-0.4, -0.2) is 9.55 Å². The summed E-state index contributed by atoms with van der Waals surface area (Å²) in [6, 6.07) is 11.2. The van der Waals surface area contributed by atoms with Crippen LogP contribution in [0, 0.1) is 0 Å². The van der Waals surface area contributed by atoms with E-state index in [0.29, 0.717) is 6.42 Å². The van der Waals surface area contributed by atoms with Crippen LogP contribution < -0.4 is 11.2 Å². The van der Waals surface area contributed by atoms with Crippen molar-refractivity contribution in [3.63, 3.8) is 0 Å². The minimum atomic E-state index is -0.578. The first kappa shape index (κ1) is 14.6. The van der Waals surface area contributed by atoms with Crippen LogP contribution in [0.25, 0.3) is 0 Å². The average molecular weight is 293 g/mol. The number of aryl methyl sites for hydroxylation is 1. The van der Waals surface area contributed by atoms with Crippen molar-refractivity contribution in [3.8, 4) is 0 Å². The van der Waals surface area contributed by atoms with Gasteiger partial charge in [-0.15, -0.1) is 0 Å². The number of nitrogens with one attached hydrogen (secondary N) is 1. The summed E-state index contributed by atoms with van der Waals surface area (Å²) in [5, 5.41) is 0.0649. The highest BCUT2D eigenvalue weighted by Crippen LogP contribution is 2.19. The molecule has 1 heterocycles. The minimum absolute atomic E-state index is 0.0649. The molecule has 0 fully saturated rings. The van der Waals surface area contributed by atoms with E-state index in [9.17, 15) is 9.59 Å². The van der Waals surface area contributed by atoms with Crippen molar-refractivity contribution in [2.45, 2.75) is 32.2 Å². The van der Waals surface area contributed by atoms with Crippen molar-refractivity contribution >= 4 is 11.6 Å². The molecule has 20 heavy (non-hydrogen) atoms. The van der Waals surface area contributed by atoms with Crippen molar-refractivity contribution < 1.29 is 0 Å². The number of hydrogen-bond acceptors (Lipinski definition) is 2. The second-order valence-electron chi connectivity index (χ2n) is 5.39. The molecule has 0 aliphatic rings. The number of benzene rings is 1. The lowest BCUT2D eigenvalue weighted by Gasteiger charge is -2.26. The predicted octanol–water partition coefficient (Wildman–Crippen LogP) is 2.56. The normalized spacial score (nSPS) is 11.6. The van der Waals surface area contributed by atoms with E-state index < -0.39 is 11.2 Å². The fourth-order valence-electron chi connectivity index (χ4n) is 2.25. The number of hydrogen-bond donors (Lipinski definition) is 1. The molecule has 0 atom stereocenters. The molecule has 0 spiro atoms. The third-order valence-electron chi connectivity index (χ3n) is 3.37. The summed E-state index contributed by atoms with van der Waals surface area (Å²) >= 11 is 5.68. The highest BCUT2D eigenvalue weighted by molar-refractivity contribution is 6.29. The van der Waals surface area contributed by atoms with Crippen LogP contribution in [0.4, 0.5) is 0 Å². The smallest absolute Gasteiger partial charge is 0.298 e. The standard InChI is InChI=1S/C15H17ClN2O2/c1-15(2,9-8-11-6-4-3-5-7-11)18-13(19)10-12(16)17-14(18)20/h3-7,10H,8-9H2,1-2H3,(H,17,20). The molecule has 5 heteroatoms. The van der Waals surface area contributed by atoms with Crippen molar-refractivity contribution in [1.82, 2.24) is 9.55 Å². The summed E-state index contributed by atoms with van der Waals surface area (Å²) in [5.41, 5.74) is -0.248. The van der Waals surface area contributed by atoms with E-state index >= 15 is 0 Å². The SMILES string of the molecule is CC(C)(CCc1ccccc1)n1c(=O)cc(Cl)[nH]c1=O. The maximum Gasteiger partial charge on any atom is 0.329 e. The zero-order chi connectivity index (χ0) is 14.8. The second-order valence-corrected chi connectivity index (χ2v) is 5.80. The highest BCUT2D eigenvalue weighted by atomic mass is 35.5. The molecule has 0 radical (unpaired) electrons. The Morgan fingerprint density at radius 2 is 1.85 bits per heavy atom. The Morgan fingerprint density at radius 3 is 2.45 bits per heavy atom. The Kier molecular flexibility index (Phi) is 4.14. The summed E-state index contributed by atoms with van der Waals surface area (Å²) < 4.78 is 1.22. The van der Waals surface area contributed by atoms with Crippen molar-refractivity contribution in [3.05, 3.63) is 68.0 Å². The van der Waals surface area contributed by atoms with Gasteiger partial charge in [-0.05, 0) is 32.3 Å². The maximum atomic E-state index is 12.0. The van der Waals surface area contributed by atoms with E-state index in [1.165, 1.54) is 16.2 Å². The van der Waals surface area contributed by atoms with E-state index in [4.69, 9.17) is 11.6 Å². The third-order valence-corrected chi connectivity index (χ3v) is 3.58. The minimum Gasteiger partial charge on any atom is -0.298 e. The zero-order valence-electron chi connectivity index (χ0n) is 11.5. The average Bonchev–Trinajstić information content (AvgIpc) is 2.36. The summed E-state index contributed by atoms with van der Waals surface area (Å²) in [6.45, 7) is 3.75. The van der Waals surface area contributed by atoms with E-state index in [1.54, 1.807) is 0 Å². The lowest BCUT2D eigenvalue weighted by Crippen LogP contribution is -2.46. The van der Waals surface area contributed by atoms with Crippen molar-refractivity contribution in [2.24, 2.45) is 0 Å². The molecule has 0 saturated carbocycles. The topological polar surface area (TPSA) is 54.9 Å². The van der Waals surface area contributed by atoms with Gasteiger partial charge in [-0.1, -0.05) is 41.9 Å². The summed E-state index contributed by atoms with van der Waals surface area (Å²) in [4.78, 5) is 26.4. The van der Waals surface area contributed by atoms with Gasteiger partial charge in [-0.2, -0.15) is 0 Å². The molecular formula is C15H17ClN2O2. The molecule has 106 valence electrons. The van der Waals surface area contributed by atoms with Gasteiger partial charge in [0.05, 0.1) is 0 Å². The third kappa shape index (κ3) is 3.20. The first-order chi connectivity index (χ1) is 9.40. The molecule has 0 saturated heterocycles. The predicted molar refractivity (Wildman–Crippen MR) is 80.4 cm³/mol. The van der Waals surface area contributed by atoms with Crippen LogP contribution in [0.3, 0.4) is 0 Å². The monoisotopic (exact) mass is 292 g/mol. The Hall–Kier alpha value is -1.81. The van der Waals surface area contributed by atoms with Crippen LogP contribution in [0.5, 0.6) is 0 Å². The Bertz CT molecular complexity index is 671. The Balaban J connectivity index is 2.27. The Morgan fingerprint density at radius 1 is 1.20 bits per heavy atom. The number of H-pyrrole nitrogens is 1. The molecule has 0 unspecified atom stereocenters. The van der Waals surface area contributed by atoms with Gasteiger partial charge >= 0.3 is 5.69 Å². The van der Waals surface area contributed by atoms with Crippen LogP contribution in [0.15, 0.2) is 46.0 Å². The molecule has 2 aromatic rings. The van der Waals surface area contributed by atoms with Gasteiger partial charge in [0.2, 0.25) is 0 Å². The van der Waals surface area contributed by atoms with Gasteiger partial charge in [0.1, 0.15) is 5.15 Å². The van der Waals surface area contributed by atoms with Crippen molar-refractivity contribution in [1.29, 1.82) is 0 Å². The van der Waals surface area contributed by atoms with Crippen LogP contribution in [0.2, 0.25) is 5.15 Å². The molecule has 1 N–H and O–H groups in total. The van der Waals surface area contributed by atoms with Gasteiger partial charge in [0.15, 0.2) is 0 Å². The van der Waals surface area contributed by atoms with Crippen LogP contribution in [0.1, 0.15) is 25.8 Å². The van der Waals surface area contributed by atoms with Crippen LogP contribution in [-0.2, 0) is 12.0 Å². The quantitative estimate of drug-likeness (QED) is 0.881.